The van der Waals surface area contributed by atoms with Gasteiger partial charge in [-0.2, -0.15) is 0 Å². The predicted molar refractivity (Wildman–Crippen MR) is 67.1 cm³/mol. The van der Waals surface area contributed by atoms with Crippen molar-refractivity contribution in [3.8, 4) is 0 Å². The van der Waals surface area contributed by atoms with Crippen LogP contribution in [0.2, 0.25) is 0 Å². The van der Waals surface area contributed by atoms with E-state index in [-0.39, 0.29) is 17.1 Å². The number of Topliss-reactive ketones (excluding diaryl/α,β-unsaturated/α-hetero) is 1. The molecule has 0 bridgehead atoms. The first-order valence-electron chi connectivity index (χ1n) is 5.82. The van der Waals surface area contributed by atoms with Crippen LogP contribution in [0.5, 0.6) is 0 Å². The molecule has 0 fully saturated rings. The third kappa shape index (κ3) is 1.84. The molecule has 0 amide bonds. The Morgan fingerprint density at radius 2 is 2.00 bits per heavy atom. The van der Waals surface area contributed by atoms with Crippen molar-refractivity contribution in [1.82, 2.24) is 0 Å². The molecule has 2 rings (SSSR count). The molecule has 16 heavy (non-hydrogen) atoms. The van der Waals surface area contributed by atoms with Crippen LogP contribution in [0.3, 0.4) is 0 Å². The van der Waals surface area contributed by atoms with Gasteiger partial charge in [-0.25, -0.2) is 0 Å². The van der Waals surface area contributed by atoms with Crippen LogP contribution in [0.15, 0.2) is 18.2 Å². The molecule has 2 nitrogen and oxygen atoms in total. The summed E-state index contributed by atoms with van der Waals surface area (Å²) in [7, 11) is 0. The summed E-state index contributed by atoms with van der Waals surface area (Å²) in [6.45, 7) is 9.22. The highest BCUT2D eigenvalue weighted by Gasteiger charge is 2.25. The Balaban J connectivity index is 2.49. The van der Waals surface area contributed by atoms with E-state index in [2.05, 4.69) is 32.2 Å². The number of fused-ring (bicyclic) bond motifs is 1. The van der Waals surface area contributed by atoms with Gasteiger partial charge >= 0.3 is 0 Å². The van der Waals surface area contributed by atoms with Crippen molar-refractivity contribution in [3.63, 3.8) is 0 Å². The maximum Gasteiger partial charge on any atom is 0.169 e. The van der Waals surface area contributed by atoms with E-state index in [9.17, 15) is 4.79 Å². The molecule has 2 heteroatoms. The van der Waals surface area contributed by atoms with Gasteiger partial charge in [0, 0.05) is 23.7 Å². The minimum Gasteiger partial charge on any atom is -0.384 e. The first-order valence-corrected chi connectivity index (χ1v) is 5.82. The van der Waals surface area contributed by atoms with Gasteiger partial charge in [-0.05, 0) is 23.1 Å². The van der Waals surface area contributed by atoms with Crippen molar-refractivity contribution >= 4 is 11.5 Å². The molecule has 1 aromatic carbocycles. The molecule has 1 N–H and O–H groups in total. The molecular weight excluding hydrogens is 198 g/mol. The predicted octanol–water partition coefficient (Wildman–Crippen LogP) is 3.23. The number of hydrogen-bond donors (Lipinski definition) is 1. The summed E-state index contributed by atoms with van der Waals surface area (Å²) in [6, 6.07) is 6.18. The smallest absolute Gasteiger partial charge is 0.169 e. The van der Waals surface area contributed by atoms with Gasteiger partial charge in [0.15, 0.2) is 5.78 Å². The van der Waals surface area contributed by atoms with Crippen LogP contribution in [0.25, 0.3) is 0 Å². The molecule has 0 saturated carbocycles. The Hall–Kier alpha value is -1.31. The van der Waals surface area contributed by atoms with Crippen molar-refractivity contribution in [2.45, 2.75) is 33.1 Å². The Morgan fingerprint density at radius 1 is 1.31 bits per heavy atom. The van der Waals surface area contributed by atoms with Crippen LogP contribution in [-0.2, 0) is 5.41 Å². The highest BCUT2D eigenvalue weighted by atomic mass is 16.1. The number of hydrogen-bond acceptors (Lipinski definition) is 2. The standard InChI is InChI=1S/C14H19NO/c1-9-8-15-12-6-5-10(14(2,3)4)7-11(12)13(9)16/h5-7,9,15H,8H2,1-4H3. The fraction of sp³-hybridized carbons (Fsp3) is 0.500. The van der Waals surface area contributed by atoms with Crippen LogP contribution in [-0.4, -0.2) is 12.3 Å². The number of carbonyl (C=O) groups excluding carboxylic acids is 1. The van der Waals surface area contributed by atoms with Crippen LogP contribution in [0, 0.1) is 5.92 Å². The van der Waals surface area contributed by atoms with Crippen LogP contribution < -0.4 is 5.32 Å². The number of benzene rings is 1. The summed E-state index contributed by atoms with van der Waals surface area (Å²) in [6.07, 6.45) is 0. The summed E-state index contributed by atoms with van der Waals surface area (Å²) in [5.74, 6) is 0.350. The summed E-state index contributed by atoms with van der Waals surface area (Å²) in [5, 5.41) is 3.30. The van der Waals surface area contributed by atoms with E-state index in [1.54, 1.807) is 0 Å². The molecule has 1 aliphatic heterocycles. The topological polar surface area (TPSA) is 29.1 Å². The molecule has 0 radical (unpaired) electrons. The van der Waals surface area contributed by atoms with Crippen LogP contribution in [0.1, 0.15) is 43.6 Å². The molecule has 0 aromatic heterocycles. The first-order chi connectivity index (χ1) is 7.39. The summed E-state index contributed by atoms with van der Waals surface area (Å²) in [4.78, 5) is 12.1. The Kier molecular flexibility index (Phi) is 2.53. The highest BCUT2D eigenvalue weighted by molar-refractivity contribution is 6.04. The zero-order chi connectivity index (χ0) is 11.9. The largest absolute Gasteiger partial charge is 0.384 e. The van der Waals surface area contributed by atoms with Gasteiger partial charge in [0.25, 0.3) is 0 Å². The van der Waals surface area contributed by atoms with E-state index in [0.717, 1.165) is 17.8 Å². The van der Waals surface area contributed by atoms with Gasteiger partial charge in [-0.15, -0.1) is 0 Å². The van der Waals surface area contributed by atoms with Crippen molar-refractivity contribution in [1.29, 1.82) is 0 Å². The van der Waals surface area contributed by atoms with E-state index < -0.39 is 0 Å². The Bertz CT molecular complexity index is 429. The third-order valence-electron chi connectivity index (χ3n) is 3.20. The molecular formula is C14H19NO. The van der Waals surface area contributed by atoms with E-state index in [1.807, 2.05) is 19.1 Å². The van der Waals surface area contributed by atoms with Crippen molar-refractivity contribution in [2.24, 2.45) is 5.92 Å². The fourth-order valence-corrected chi connectivity index (χ4v) is 1.99. The van der Waals surface area contributed by atoms with Gasteiger partial charge in [0.2, 0.25) is 0 Å². The first kappa shape index (κ1) is 11.2. The van der Waals surface area contributed by atoms with Crippen LogP contribution >= 0.6 is 0 Å². The second-order valence-electron chi connectivity index (χ2n) is 5.66. The van der Waals surface area contributed by atoms with Gasteiger partial charge in [-0.1, -0.05) is 33.8 Å². The number of ketones is 1. The van der Waals surface area contributed by atoms with Crippen molar-refractivity contribution in [2.75, 3.05) is 11.9 Å². The second-order valence-corrected chi connectivity index (χ2v) is 5.66. The summed E-state index contributed by atoms with van der Waals surface area (Å²) >= 11 is 0. The average Bonchev–Trinajstić information content (AvgIpc) is 2.22. The SMILES string of the molecule is CC1CNc2ccc(C(C)(C)C)cc2C1=O. The molecule has 0 spiro atoms. The Labute approximate surface area is 97.1 Å². The molecule has 1 unspecified atom stereocenters. The summed E-state index contributed by atoms with van der Waals surface area (Å²) < 4.78 is 0. The van der Waals surface area contributed by atoms with E-state index >= 15 is 0 Å². The molecule has 1 aliphatic rings. The van der Waals surface area contributed by atoms with Gasteiger partial charge in [0.05, 0.1) is 0 Å². The van der Waals surface area contributed by atoms with Gasteiger partial charge < -0.3 is 5.32 Å². The minimum atomic E-state index is 0.0859. The third-order valence-corrected chi connectivity index (χ3v) is 3.20. The molecule has 1 heterocycles. The number of nitrogens with one attached hydrogen (secondary N) is 1. The maximum atomic E-state index is 12.1. The lowest BCUT2D eigenvalue weighted by Crippen LogP contribution is -2.28. The van der Waals surface area contributed by atoms with E-state index in [4.69, 9.17) is 0 Å². The van der Waals surface area contributed by atoms with Crippen molar-refractivity contribution in [3.05, 3.63) is 29.3 Å². The van der Waals surface area contributed by atoms with Crippen LogP contribution in [0.4, 0.5) is 5.69 Å². The van der Waals surface area contributed by atoms with Crippen molar-refractivity contribution < 1.29 is 4.79 Å². The average molecular weight is 217 g/mol. The number of rotatable bonds is 0. The zero-order valence-electron chi connectivity index (χ0n) is 10.4. The molecule has 86 valence electrons. The second kappa shape index (κ2) is 3.62. The quantitative estimate of drug-likeness (QED) is 0.723. The lowest BCUT2D eigenvalue weighted by Gasteiger charge is -2.26. The monoisotopic (exact) mass is 217 g/mol. The van der Waals surface area contributed by atoms with E-state index in [1.165, 1.54) is 5.56 Å². The fourth-order valence-electron chi connectivity index (χ4n) is 1.99. The summed E-state index contributed by atoms with van der Waals surface area (Å²) in [5.41, 5.74) is 3.15. The Morgan fingerprint density at radius 3 is 2.62 bits per heavy atom. The van der Waals surface area contributed by atoms with Gasteiger partial charge in [0.1, 0.15) is 0 Å². The highest BCUT2D eigenvalue weighted by Crippen LogP contribution is 2.30. The minimum absolute atomic E-state index is 0.0859. The normalized spacial score (nSPS) is 20.2. The zero-order valence-corrected chi connectivity index (χ0v) is 10.4. The van der Waals surface area contributed by atoms with E-state index in [0.29, 0.717) is 0 Å². The molecule has 0 aliphatic carbocycles. The molecule has 1 aromatic rings. The van der Waals surface area contributed by atoms with Gasteiger partial charge in [-0.3, -0.25) is 4.79 Å². The molecule has 0 saturated heterocycles. The lowest BCUT2D eigenvalue weighted by atomic mass is 9.83. The maximum absolute atomic E-state index is 12.1. The molecule has 1 atom stereocenters. The lowest BCUT2D eigenvalue weighted by molar-refractivity contribution is 0.0932. The number of anilines is 1. The number of carbonyl (C=O) groups is 1.